The van der Waals surface area contributed by atoms with Crippen LogP contribution >= 0.6 is 15.9 Å². The van der Waals surface area contributed by atoms with Crippen LogP contribution in [0.3, 0.4) is 0 Å². The lowest BCUT2D eigenvalue weighted by atomic mass is 10.1. The van der Waals surface area contributed by atoms with Crippen LogP contribution in [0.4, 0.5) is 5.69 Å². The first-order chi connectivity index (χ1) is 8.50. The molecule has 1 aromatic rings. The van der Waals surface area contributed by atoms with Crippen molar-refractivity contribution in [3.05, 3.63) is 28.2 Å². The maximum Gasteiger partial charge on any atom is 0.326 e. The molecule has 1 saturated heterocycles. The maximum atomic E-state index is 11.1. The molecule has 5 nitrogen and oxygen atoms in total. The molecule has 0 radical (unpaired) electrons. The summed E-state index contributed by atoms with van der Waals surface area (Å²) in [4.78, 5) is 24.1. The smallest absolute Gasteiger partial charge is 0.326 e. The Morgan fingerprint density at radius 2 is 2.17 bits per heavy atom. The third-order valence-electron chi connectivity index (χ3n) is 3.09. The molecule has 1 heterocycles. The van der Waals surface area contributed by atoms with E-state index in [1.807, 2.05) is 4.90 Å². The third-order valence-corrected chi connectivity index (χ3v) is 3.74. The molecule has 0 aliphatic carbocycles. The van der Waals surface area contributed by atoms with Gasteiger partial charge in [0.25, 0.3) is 0 Å². The van der Waals surface area contributed by atoms with E-state index in [-0.39, 0.29) is 0 Å². The van der Waals surface area contributed by atoms with Gasteiger partial charge in [-0.25, -0.2) is 4.79 Å². The van der Waals surface area contributed by atoms with Gasteiger partial charge in [0.1, 0.15) is 6.04 Å². The summed E-state index contributed by atoms with van der Waals surface area (Å²) in [5.74, 6) is -1.33. The molecule has 18 heavy (non-hydrogen) atoms. The van der Waals surface area contributed by atoms with Crippen LogP contribution in [0.15, 0.2) is 22.7 Å². The van der Waals surface area contributed by atoms with E-state index < -0.39 is 17.9 Å². The van der Waals surface area contributed by atoms with Crippen LogP contribution < -0.4 is 10.6 Å². The minimum absolute atomic E-state index is 0.393. The zero-order chi connectivity index (χ0) is 13.3. The minimum Gasteiger partial charge on any atom is -0.480 e. The van der Waals surface area contributed by atoms with Gasteiger partial charge in [0.05, 0.1) is 5.56 Å². The molecular weight excluding hydrogens is 300 g/mol. The number of carbonyl (C=O) groups is 2. The molecule has 1 aliphatic rings. The van der Waals surface area contributed by atoms with Crippen molar-refractivity contribution in [2.45, 2.75) is 18.9 Å². The lowest BCUT2D eigenvalue weighted by Gasteiger charge is -2.24. The van der Waals surface area contributed by atoms with Crippen molar-refractivity contribution < 1.29 is 14.7 Å². The lowest BCUT2D eigenvalue weighted by Crippen LogP contribution is -2.35. The fraction of sp³-hybridized carbons (Fsp3) is 0.333. The zero-order valence-corrected chi connectivity index (χ0v) is 11.2. The minimum atomic E-state index is -0.817. The number of primary amides is 1. The number of carboxylic acids is 1. The Morgan fingerprint density at radius 1 is 1.44 bits per heavy atom. The van der Waals surface area contributed by atoms with Crippen molar-refractivity contribution in [1.82, 2.24) is 0 Å². The third kappa shape index (κ3) is 2.33. The van der Waals surface area contributed by atoms with Gasteiger partial charge in [0.2, 0.25) is 5.91 Å². The Balaban J connectivity index is 2.32. The number of carbonyl (C=O) groups excluding carboxylic acids is 1. The van der Waals surface area contributed by atoms with E-state index in [9.17, 15) is 9.59 Å². The summed E-state index contributed by atoms with van der Waals surface area (Å²) in [5.41, 5.74) is 6.40. The van der Waals surface area contributed by atoms with Crippen LogP contribution in [0.25, 0.3) is 0 Å². The van der Waals surface area contributed by atoms with Crippen LogP contribution in [-0.2, 0) is 4.79 Å². The SMILES string of the molecule is NC(=O)c1ccc(N2CCCC2C(=O)O)cc1Br. The highest BCUT2D eigenvalue weighted by Crippen LogP contribution is 2.29. The fourth-order valence-corrected chi connectivity index (χ4v) is 2.78. The van der Waals surface area contributed by atoms with E-state index in [4.69, 9.17) is 10.8 Å². The summed E-state index contributed by atoms with van der Waals surface area (Å²) in [5, 5.41) is 9.13. The quantitative estimate of drug-likeness (QED) is 0.888. The average Bonchev–Trinajstić information content (AvgIpc) is 2.77. The number of rotatable bonds is 3. The Hall–Kier alpha value is -1.56. The second-order valence-electron chi connectivity index (χ2n) is 4.22. The van der Waals surface area contributed by atoms with Gasteiger partial charge in [0, 0.05) is 16.7 Å². The summed E-state index contributed by atoms with van der Waals surface area (Å²) in [7, 11) is 0. The van der Waals surface area contributed by atoms with E-state index in [1.165, 1.54) is 0 Å². The van der Waals surface area contributed by atoms with Gasteiger partial charge in [-0.1, -0.05) is 0 Å². The molecule has 1 aliphatic heterocycles. The topological polar surface area (TPSA) is 83.6 Å². The van der Waals surface area contributed by atoms with Crippen LogP contribution in [-0.4, -0.2) is 29.6 Å². The molecule has 0 aromatic heterocycles. The number of hydrogen-bond acceptors (Lipinski definition) is 3. The normalized spacial score (nSPS) is 18.9. The predicted octanol–water partition coefficient (Wildman–Crippen LogP) is 1.60. The van der Waals surface area contributed by atoms with Gasteiger partial charge in [0.15, 0.2) is 0 Å². The number of aliphatic carboxylic acids is 1. The highest BCUT2D eigenvalue weighted by molar-refractivity contribution is 9.10. The van der Waals surface area contributed by atoms with Crippen LogP contribution in [0, 0.1) is 0 Å². The van der Waals surface area contributed by atoms with E-state index in [0.29, 0.717) is 23.0 Å². The number of carboxylic acid groups (broad SMARTS) is 1. The molecule has 1 amide bonds. The van der Waals surface area contributed by atoms with Crippen LogP contribution in [0.5, 0.6) is 0 Å². The Kier molecular flexibility index (Phi) is 3.56. The van der Waals surface area contributed by atoms with Gasteiger partial charge < -0.3 is 15.7 Å². The van der Waals surface area contributed by atoms with Gasteiger partial charge in [-0.2, -0.15) is 0 Å². The lowest BCUT2D eigenvalue weighted by molar-refractivity contribution is -0.138. The summed E-state index contributed by atoms with van der Waals surface area (Å²) in [6, 6.07) is 4.59. The number of nitrogens with zero attached hydrogens (tertiary/aromatic N) is 1. The molecule has 2 rings (SSSR count). The van der Waals surface area contributed by atoms with Crippen LogP contribution in [0.1, 0.15) is 23.2 Å². The van der Waals surface area contributed by atoms with Crippen molar-refractivity contribution >= 4 is 33.5 Å². The highest BCUT2D eigenvalue weighted by atomic mass is 79.9. The fourth-order valence-electron chi connectivity index (χ4n) is 2.21. The number of nitrogens with two attached hydrogens (primary N) is 1. The monoisotopic (exact) mass is 312 g/mol. The van der Waals surface area contributed by atoms with Crippen molar-refractivity contribution in [3.8, 4) is 0 Å². The zero-order valence-electron chi connectivity index (χ0n) is 9.60. The largest absolute Gasteiger partial charge is 0.480 e. The highest BCUT2D eigenvalue weighted by Gasteiger charge is 2.30. The van der Waals surface area contributed by atoms with Crippen molar-refractivity contribution in [2.75, 3.05) is 11.4 Å². The summed E-state index contributed by atoms with van der Waals surface area (Å²) >= 11 is 3.28. The average molecular weight is 313 g/mol. The standard InChI is InChI=1S/C12H13BrN2O3/c13-9-6-7(3-4-8(9)11(14)16)15-5-1-2-10(15)12(17)18/h3-4,6,10H,1-2,5H2,(H2,14,16)(H,17,18). The Morgan fingerprint density at radius 3 is 2.72 bits per heavy atom. The summed E-state index contributed by atoms with van der Waals surface area (Å²) in [6.07, 6.45) is 1.50. The molecule has 0 saturated carbocycles. The van der Waals surface area contributed by atoms with Crippen molar-refractivity contribution in [2.24, 2.45) is 5.73 Å². The Bertz CT molecular complexity index is 504. The number of amides is 1. The van der Waals surface area contributed by atoms with Crippen LogP contribution in [0.2, 0.25) is 0 Å². The molecular formula is C12H13BrN2O3. The van der Waals surface area contributed by atoms with Gasteiger partial charge in [-0.15, -0.1) is 0 Å². The second kappa shape index (κ2) is 4.97. The number of anilines is 1. The van der Waals surface area contributed by atoms with E-state index in [2.05, 4.69) is 15.9 Å². The molecule has 0 spiro atoms. The van der Waals surface area contributed by atoms with Gasteiger partial charge in [-0.3, -0.25) is 4.79 Å². The molecule has 1 fully saturated rings. The Labute approximate surface area is 113 Å². The predicted molar refractivity (Wildman–Crippen MR) is 70.7 cm³/mol. The molecule has 1 atom stereocenters. The molecule has 0 bridgehead atoms. The maximum absolute atomic E-state index is 11.1. The number of benzene rings is 1. The first-order valence-electron chi connectivity index (χ1n) is 5.59. The summed E-state index contributed by atoms with van der Waals surface area (Å²) in [6.45, 7) is 0.708. The van der Waals surface area contributed by atoms with Crippen molar-refractivity contribution in [1.29, 1.82) is 0 Å². The molecule has 1 aromatic carbocycles. The first-order valence-corrected chi connectivity index (χ1v) is 6.39. The van der Waals surface area contributed by atoms with E-state index in [1.54, 1.807) is 18.2 Å². The second-order valence-corrected chi connectivity index (χ2v) is 5.07. The molecule has 3 N–H and O–H groups in total. The first kappa shape index (κ1) is 12.9. The summed E-state index contributed by atoms with van der Waals surface area (Å²) < 4.78 is 0.587. The van der Waals surface area contributed by atoms with Crippen molar-refractivity contribution in [3.63, 3.8) is 0 Å². The van der Waals surface area contributed by atoms with Gasteiger partial charge >= 0.3 is 5.97 Å². The molecule has 96 valence electrons. The van der Waals surface area contributed by atoms with E-state index >= 15 is 0 Å². The number of halogens is 1. The number of hydrogen-bond donors (Lipinski definition) is 2. The van der Waals surface area contributed by atoms with E-state index in [0.717, 1.165) is 12.1 Å². The molecule has 1 unspecified atom stereocenters. The van der Waals surface area contributed by atoms with Gasteiger partial charge in [-0.05, 0) is 47.0 Å². The molecule has 6 heteroatoms.